The van der Waals surface area contributed by atoms with Crippen molar-refractivity contribution in [2.75, 3.05) is 19.0 Å². The van der Waals surface area contributed by atoms with Crippen LogP contribution >= 0.6 is 0 Å². The molecule has 152 valence electrons. The van der Waals surface area contributed by atoms with Crippen molar-refractivity contribution in [3.05, 3.63) is 81.4 Å². The fourth-order valence-corrected chi connectivity index (χ4v) is 2.80. The molecule has 0 fully saturated rings. The van der Waals surface area contributed by atoms with Crippen LogP contribution in [0.3, 0.4) is 0 Å². The third kappa shape index (κ3) is 4.75. The molecule has 3 rings (SSSR count). The third-order valence-electron chi connectivity index (χ3n) is 4.36. The number of methoxy groups -OCH3 is 1. The number of amides is 1. The number of nitrogens with zero attached hydrogens (tertiary/aromatic N) is 3. The largest absolute Gasteiger partial charge is 0.383 e. The topological polar surface area (TPSA) is 78.2 Å². The maximum Gasteiger partial charge on any atom is 0.258 e. The molecule has 0 atom stereocenters. The zero-order valence-electron chi connectivity index (χ0n) is 16.0. The second kappa shape index (κ2) is 8.78. The second-order valence-corrected chi connectivity index (χ2v) is 6.47. The quantitative estimate of drug-likeness (QED) is 0.659. The smallest absolute Gasteiger partial charge is 0.258 e. The van der Waals surface area contributed by atoms with Crippen LogP contribution in [0.1, 0.15) is 21.5 Å². The van der Waals surface area contributed by atoms with Crippen LogP contribution in [0.15, 0.2) is 47.5 Å². The molecular weight excluding hydrogens is 382 g/mol. The van der Waals surface area contributed by atoms with Gasteiger partial charge in [0.2, 0.25) is 0 Å². The zero-order chi connectivity index (χ0) is 21.0. The van der Waals surface area contributed by atoms with Crippen molar-refractivity contribution in [1.29, 1.82) is 0 Å². The Hall–Kier alpha value is -3.33. The minimum atomic E-state index is -0.568. The molecule has 0 saturated heterocycles. The maximum absolute atomic E-state index is 14.0. The van der Waals surface area contributed by atoms with Crippen molar-refractivity contribution >= 4 is 11.7 Å². The average molecular weight is 402 g/mol. The summed E-state index contributed by atoms with van der Waals surface area (Å²) in [7, 11) is 1.52. The van der Waals surface area contributed by atoms with Gasteiger partial charge in [-0.15, -0.1) is 0 Å². The molecule has 9 heteroatoms. The Labute approximate surface area is 165 Å². The van der Waals surface area contributed by atoms with E-state index in [4.69, 9.17) is 4.74 Å². The van der Waals surface area contributed by atoms with Gasteiger partial charge in [-0.05, 0) is 31.2 Å². The summed E-state index contributed by atoms with van der Waals surface area (Å²) in [6.45, 7) is 2.32. The van der Waals surface area contributed by atoms with E-state index in [-0.39, 0.29) is 23.2 Å². The Kier molecular flexibility index (Phi) is 6.18. The standard InChI is InChI=1S/C20H20F2N4O3/c1-13-10-23-26(12-15-9-16(21)4-5-17(15)22)19(13)24-20(28)14-3-6-18(27)25(11-14)7-8-29-2/h3-6,9-11H,7-8,12H2,1-2H3,(H,24,28). The van der Waals surface area contributed by atoms with E-state index in [2.05, 4.69) is 10.4 Å². The number of pyridine rings is 1. The highest BCUT2D eigenvalue weighted by atomic mass is 19.1. The Balaban J connectivity index is 1.84. The van der Waals surface area contributed by atoms with Crippen molar-refractivity contribution in [3.8, 4) is 0 Å². The van der Waals surface area contributed by atoms with Gasteiger partial charge in [0.15, 0.2) is 0 Å². The molecule has 0 radical (unpaired) electrons. The Bertz CT molecular complexity index is 1090. The first-order valence-electron chi connectivity index (χ1n) is 8.86. The number of ether oxygens (including phenoxy) is 1. The summed E-state index contributed by atoms with van der Waals surface area (Å²) in [4.78, 5) is 24.6. The molecule has 0 aliphatic heterocycles. The van der Waals surface area contributed by atoms with Gasteiger partial charge in [-0.2, -0.15) is 5.10 Å². The average Bonchev–Trinajstić information content (AvgIpc) is 3.03. The predicted octanol–water partition coefficient (Wildman–Crippen LogP) is 2.58. The first kappa shape index (κ1) is 20.4. The number of carbonyl (C=O) groups excluding carboxylic acids is 1. The van der Waals surface area contributed by atoms with E-state index >= 15 is 0 Å². The van der Waals surface area contributed by atoms with Crippen LogP contribution in [0, 0.1) is 18.6 Å². The summed E-state index contributed by atoms with van der Waals surface area (Å²) in [5.74, 6) is -1.23. The minimum absolute atomic E-state index is 0.0552. The SMILES string of the molecule is COCCn1cc(C(=O)Nc2c(C)cnn2Cc2cc(F)ccc2F)ccc1=O. The van der Waals surface area contributed by atoms with E-state index in [9.17, 15) is 18.4 Å². The zero-order valence-corrected chi connectivity index (χ0v) is 16.0. The monoisotopic (exact) mass is 402 g/mol. The summed E-state index contributed by atoms with van der Waals surface area (Å²) < 4.78 is 35.1. The maximum atomic E-state index is 14.0. The predicted molar refractivity (Wildman–Crippen MR) is 103 cm³/mol. The molecule has 3 aromatic rings. The Morgan fingerprint density at radius 3 is 2.79 bits per heavy atom. The van der Waals surface area contributed by atoms with Crippen molar-refractivity contribution < 1.29 is 18.3 Å². The van der Waals surface area contributed by atoms with Crippen LogP contribution in [0.2, 0.25) is 0 Å². The van der Waals surface area contributed by atoms with Gasteiger partial charge in [-0.1, -0.05) is 0 Å². The number of halogens is 2. The van der Waals surface area contributed by atoms with Crippen molar-refractivity contribution in [1.82, 2.24) is 14.3 Å². The number of carbonyl (C=O) groups is 1. The van der Waals surface area contributed by atoms with E-state index in [1.54, 1.807) is 6.92 Å². The fraction of sp³-hybridized carbons (Fsp3) is 0.250. The molecule has 0 saturated carbocycles. The van der Waals surface area contributed by atoms with Crippen LogP contribution < -0.4 is 10.9 Å². The molecule has 0 bridgehead atoms. The lowest BCUT2D eigenvalue weighted by atomic mass is 10.2. The highest BCUT2D eigenvalue weighted by Crippen LogP contribution is 2.19. The molecule has 1 aromatic carbocycles. The lowest BCUT2D eigenvalue weighted by Crippen LogP contribution is -2.24. The lowest BCUT2D eigenvalue weighted by molar-refractivity contribution is 0.102. The van der Waals surface area contributed by atoms with Crippen LogP contribution in [-0.2, 0) is 17.8 Å². The van der Waals surface area contributed by atoms with E-state index in [1.807, 2.05) is 0 Å². The number of hydrogen-bond donors (Lipinski definition) is 1. The molecule has 1 amide bonds. The number of hydrogen-bond acceptors (Lipinski definition) is 4. The summed E-state index contributed by atoms with van der Waals surface area (Å²) >= 11 is 0. The van der Waals surface area contributed by atoms with E-state index < -0.39 is 17.5 Å². The molecule has 0 unspecified atom stereocenters. The summed E-state index contributed by atoms with van der Waals surface area (Å²) in [5, 5.41) is 6.87. The van der Waals surface area contributed by atoms with E-state index in [0.29, 0.717) is 24.5 Å². The first-order valence-corrected chi connectivity index (χ1v) is 8.86. The molecule has 2 aromatic heterocycles. The normalized spacial score (nSPS) is 10.9. The molecule has 2 heterocycles. The highest BCUT2D eigenvalue weighted by molar-refractivity contribution is 6.03. The van der Waals surface area contributed by atoms with Crippen LogP contribution in [0.25, 0.3) is 0 Å². The number of benzene rings is 1. The Morgan fingerprint density at radius 2 is 2.03 bits per heavy atom. The van der Waals surface area contributed by atoms with Gasteiger partial charge >= 0.3 is 0 Å². The number of rotatable bonds is 7. The van der Waals surface area contributed by atoms with Gasteiger partial charge in [0.1, 0.15) is 17.5 Å². The molecular formula is C20H20F2N4O3. The minimum Gasteiger partial charge on any atom is -0.383 e. The Morgan fingerprint density at radius 1 is 1.24 bits per heavy atom. The second-order valence-electron chi connectivity index (χ2n) is 6.47. The number of nitrogens with one attached hydrogen (secondary N) is 1. The third-order valence-corrected chi connectivity index (χ3v) is 4.36. The molecule has 1 N–H and O–H groups in total. The van der Waals surface area contributed by atoms with Crippen molar-refractivity contribution in [2.24, 2.45) is 0 Å². The number of anilines is 1. The molecule has 0 aliphatic carbocycles. The van der Waals surface area contributed by atoms with Crippen LogP contribution in [-0.4, -0.2) is 34.0 Å². The first-order chi connectivity index (χ1) is 13.9. The summed E-state index contributed by atoms with van der Waals surface area (Å²) in [6, 6.07) is 5.89. The van der Waals surface area contributed by atoms with Crippen molar-refractivity contribution in [3.63, 3.8) is 0 Å². The summed E-state index contributed by atoms with van der Waals surface area (Å²) in [6.07, 6.45) is 2.96. The molecule has 0 aliphatic rings. The van der Waals surface area contributed by atoms with Gasteiger partial charge in [0.25, 0.3) is 11.5 Å². The van der Waals surface area contributed by atoms with Gasteiger partial charge in [0, 0.05) is 37.0 Å². The lowest BCUT2D eigenvalue weighted by Gasteiger charge is -2.12. The number of aromatic nitrogens is 3. The van der Waals surface area contributed by atoms with Gasteiger partial charge < -0.3 is 14.6 Å². The number of aryl methyl sites for hydroxylation is 1. The van der Waals surface area contributed by atoms with Crippen molar-refractivity contribution in [2.45, 2.75) is 20.0 Å². The highest BCUT2D eigenvalue weighted by Gasteiger charge is 2.15. The molecule has 0 spiro atoms. The van der Waals surface area contributed by atoms with Gasteiger partial charge in [-0.3, -0.25) is 9.59 Å². The molecule has 7 nitrogen and oxygen atoms in total. The van der Waals surface area contributed by atoms with Crippen LogP contribution in [0.5, 0.6) is 0 Å². The summed E-state index contributed by atoms with van der Waals surface area (Å²) in [5.41, 5.74) is 0.783. The molecule has 29 heavy (non-hydrogen) atoms. The van der Waals surface area contributed by atoms with E-state index in [1.165, 1.54) is 40.9 Å². The van der Waals surface area contributed by atoms with Gasteiger partial charge in [-0.25, -0.2) is 13.5 Å². The van der Waals surface area contributed by atoms with Gasteiger partial charge in [0.05, 0.1) is 24.9 Å². The fourth-order valence-electron chi connectivity index (χ4n) is 2.80. The van der Waals surface area contributed by atoms with Crippen LogP contribution in [0.4, 0.5) is 14.6 Å². The van der Waals surface area contributed by atoms with E-state index in [0.717, 1.165) is 18.2 Å².